The van der Waals surface area contributed by atoms with Gasteiger partial charge < -0.3 is 9.84 Å². The van der Waals surface area contributed by atoms with Gasteiger partial charge in [0.05, 0.1) is 6.10 Å². The second-order valence-electron chi connectivity index (χ2n) is 7.68. The topological polar surface area (TPSA) is 29.5 Å². The minimum absolute atomic E-state index is 0.0903. The molecule has 0 unspecified atom stereocenters. The molecular weight excluding hydrogens is 236 g/mol. The number of benzene rings is 1. The number of rotatable bonds is 2. The smallest absolute Gasteiger partial charge is 0.123 e. The van der Waals surface area contributed by atoms with Gasteiger partial charge in [-0.3, -0.25) is 0 Å². The largest absolute Gasteiger partial charge is 0.507 e. The lowest BCUT2D eigenvalue weighted by Crippen LogP contribution is -2.17. The third-order valence-corrected chi connectivity index (χ3v) is 3.53. The Kier molecular flexibility index (Phi) is 3.32. The summed E-state index contributed by atoms with van der Waals surface area (Å²) in [6.07, 6.45) is 2.68. The standard InChI is InChI=1S/C17H26O2/c1-16(2,3)13-9-12(19-11-7-8-11)10-14(15(13)18)17(4,5)6/h9-11,18H,7-8H2,1-6H3. The summed E-state index contributed by atoms with van der Waals surface area (Å²) in [5, 5.41) is 10.6. The van der Waals surface area contributed by atoms with E-state index >= 15 is 0 Å². The Morgan fingerprint density at radius 3 is 1.68 bits per heavy atom. The van der Waals surface area contributed by atoms with Crippen LogP contribution in [0.3, 0.4) is 0 Å². The summed E-state index contributed by atoms with van der Waals surface area (Å²) >= 11 is 0. The van der Waals surface area contributed by atoms with Gasteiger partial charge in [0.25, 0.3) is 0 Å². The Bertz CT molecular complexity index is 436. The van der Waals surface area contributed by atoms with Crippen LogP contribution in [0.15, 0.2) is 12.1 Å². The van der Waals surface area contributed by atoms with Gasteiger partial charge in [-0.15, -0.1) is 0 Å². The molecule has 1 aromatic rings. The molecule has 0 bridgehead atoms. The Balaban J connectivity index is 2.52. The molecule has 2 rings (SSSR count). The van der Waals surface area contributed by atoms with Crippen LogP contribution in [0.1, 0.15) is 65.5 Å². The van der Waals surface area contributed by atoms with Crippen molar-refractivity contribution in [3.63, 3.8) is 0 Å². The Morgan fingerprint density at radius 1 is 0.947 bits per heavy atom. The van der Waals surface area contributed by atoms with E-state index in [1.54, 1.807) is 0 Å². The predicted molar refractivity (Wildman–Crippen MR) is 79.2 cm³/mol. The van der Waals surface area contributed by atoms with E-state index in [2.05, 4.69) is 41.5 Å². The van der Waals surface area contributed by atoms with Crippen molar-refractivity contribution in [1.82, 2.24) is 0 Å². The monoisotopic (exact) mass is 262 g/mol. The summed E-state index contributed by atoms with van der Waals surface area (Å²) in [5.74, 6) is 1.32. The van der Waals surface area contributed by atoms with Crippen LogP contribution in [0.4, 0.5) is 0 Å². The fourth-order valence-electron chi connectivity index (χ4n) is 2.20. The predicted octanol–water partition coefficient (Wildman–Crippen LogP) is 4.53. The number of phenolic OH excluding ortho intramolecular Hbond substituents is 1. The summed E-state index contributed by atoms with van der Waals surface area (Å²) in [7, 11) is 0. The molecule has 0 atom stereocenters. The number of aromatic hydroxyl groups is 1. The van der Waals surface area contributed by atoms with Crippen molar-refractivity contribution in [2.75, 3.05) is 0 Å². The highest BCUT2D eigenvalue weighted by atomic mass is 16.5. The molecule has 0 saturated heterocycles. The fourth-order valence-corrected chi connectivity index (χ4v) is 2.20. The van der Waals surface area contributed by atoms with E-state index in [-0.39, 0.29) is 10.8 Å². The molecular formula is C17H26O2. The number of ether oxygens (including phenoxy) is 1. The van der Waals surface area contributed by atoms with E-state index in [1.165, 1.54) is 0 Å². The van der Waals surface area contributed by atoms with Gasteiger partial charge >= 0.3 is 0 Å². The maximum absolute atomic E-state index is 10.6. The summed E-state index contributed by atoms with van der Waals surface area (Å²) in [4.78, 5) is 0. The number of phenols is 1. The molecule has 0 spiro atoms. The Hall–Kier alpha value is -1.18. The minimum atomic E-state index is -0.0903. The second-order valence-corrected chi connectivity index (χ2v) is 7.68. The summed E-state index contributed by atoms with van der Waals surface area (Å²) < 4.78 is 5.94. The second kappa shape index (κ2) is 4.43. The van der Waals surface area contributed by atoms with Crippen molar-refractivity contribution in [3.05, 3.63) is 23.3 Å². The van der Waals surface area contributed by atoms with Gasteiger partial charge in [0.2, 0.25) is 0 Å². The Labute approximate surface area is 116 Å². The highest BCUT2D eigenvalue weighted by Gasteiger charge is 2.29. The normalized spacial score (nSPS) is 16.5. The Morgan fingerprint density at radius 2 is 1.37 bits per heavy atom. The zero-order valence-corrected chi connectivity index (χ0v) is 13.0. The first-order valence-electron chi connectivity index (χ1n) is 7.13. The van der Waals surface area contributed by atoms with E-state index in [0.717, 1.165) is 29.7 Å². The quantitative estimate of drug-likeness (QED) is 0.848. The molecule has 1 aliphatic rings. The van der Waals surface area contributed by atoms with Gasteiger partial charge in [0.1, 0.15) is 11.5 Å². The van der Waals surface area contributed by atoms with Crippen molar-refractivity contribution in [2.24, 2.45) is 0 Å². The van der Waals surface area contributed by atoms with Gasteiger partial charge in [0.15, 0.2) is 0 Å². The van der Waals surface area contributed by atoms with Crippen molar-refractivity contribution >= 4 is 0 Å². The molecule has 0 heterocycles. The van der Waals surface area contributed by atoms with Crippen LogP contribution in [0.25, 0.3) is 0 Å². The molecule has 1 fully saturated rings. The van der Waals surface area contributed by atoms with Crippen molar-refractivity contribution in [2.45, 2.75) is 71.3 Å². The van der Waals surface area contributed by atoms with E-state index in [0.29, 0.717) is 11.9 Å². The zero-order valence-electron chi connectivity index (χ0n) is 13.0. The molecule has 0 aliphatic heterocycles. The SMILES string of the molecule is CC(C)(C)c1cc(OC2CC2)cc(C(C)(C)C)c1O. The van der Waals surface area contributed by atoms with Gasteiger partial charge in [-0.1, -0.05) is 41.5 Å². The van der Waals surface area contributed by atoms with Crippen molar-refractivity contribution in [1.29, 1.82) is 0 Å². The van der Waals surface area contributed by atoms with Crippen LogP contribution in [0, 0.1) is 0 Å². The van der Waals surface area contributed by atoms with E-state index in [9.17, 15) is 5.11 Å². The number of hydrogen-bond acceptors (Lipinski definition) is 2. The van der Waals surface area contributed by atoms with Crippen LogP contribution in [-0.2, 0) is 10.8 Å². The lowest BCUT2D eigenvalue weighted by molar-refractivity contribution is 0.299. The molecule has 1 aliphatic carbocycles. The lowest BCUT2D eigenvalue weighted by Gasteiger charge is -2.28. The van der Waals surface area contributed by atoms with E-state index < -0.39 is 0 Å². The summed E-state index contributed by atoms with van der Waals surface area (Å²) in [5.41, 5.74) is 1.76. The lowest BCUT2D eigenvalue weighted by atomic mass is 9.79. The van der Waals surface area contributed by atoms with Crippen LogP contribution >= 0.6 is 0 Å². The highest BCUT2D eigenvalue weighted by molar-refractivity contribution is 5.52. The van der Waals surface area contributed by atoms with Crippen LogP contribution in [0.5, 0.6) is 11.5 Å². The maximum atomic E-state index is 10.6. The fraction of sp³-hybridized carbons (Fsp3) is 0.647. The third kappa shape index (κ3) is 3.23. The molecule has 2 nitrogen and oxygen atoms in total. The first kappa shape index (κ1) is 14.2. The highest BCUT2D eigenvalue weighted by Crippen LogP contribution is 2.42. The minimum Gasteiger partial charge on any atom is -0.507 e. The third-order valence-electron chi connectivity index (χ3n) is 3.53. The van der Waals surface area contributed by atoms with E-state index in [1.807, 2.05) is 12.1 Å². The molecule has 0 radical (unpaired) electrons. The first-order chi connectivity index (χ1) is 8.59. The van der Waals surface area contributed by atoms with Gasteiger partial charge in [0, 0.05) is 11.1 Å². The van der Waals surface area contributed by atoms with Crippen LogP contribution in [-0.4, -0.2) is 11.2 Å². The molecule has 1 N–H and O–H groups in total. The molecule has 19 heavy (non-hydrogen) atoms. The zero-order chi connectivity index (χ0) is 14.4. The maximum Gasteiger partial charge on any atom is 0.123 e. The van der Waals surface area contributed by atoms with Crippen molar-refractivity contribution in [3.8, 4) is 11.5 Å². The van der Waals surface area contributed by atoms with Gasteiger partial charge in [-0.2, -0.15) is 0 Å². The van der Waals surface area contributed by atoms with Crippen molar-refractivity contribution < 1.29 is 9.84 Å². The summed E-state index contributed by atoms with van der Waals surface area (Å²) in [6, 6.07) is 4.01. The number of hydrogen-bond donors (Lipinski definition) is 1. The molecule has 106 valence electrons. The molecule has 1 aromatic carbocycles. The molecule has 1 saturated carbocycles. The van der Waals surface area contributed by atoms with Crippen LogP contribution < -0.4 is 4.74 Å². The van der Waals surface area contributed by atoms with Gasteiger partial charge in [-0.05, 0) is 35.8 Å². The average Bonchev–Trinajstić information content (AvgIpc) is 3.00. The first-order valence-corrected chi connectivity index (χ1v) is 7.13. The average molecular weight is 262 g/mol. The van der Waals surface area contributed by atoms with Gasteiger partial charge in [-0.25, -0.2) is 0 Å². The van der Waals surface area contributed by atoms with Crippen LogP contribution in [0.2, 0.25) is 0 Å². The molecule has 2 heteroatoms. The summed E-state index contributed by atoms with van der Waals surface area (Å²) in [6.45, 7) is 12.7. The molecule has 0 amide bonds. The van der Waals surface area contributed by atoms with E-state index in [4.69, 9.17) is 4.74 Å². The molecule has 0 aromatic heterocycles.